The van der Waals surface area contributed by atoms with Crippen molar-refractivity contribution >= 4 is 23.2 Å². The lowest BCUT2D eigenvalue weighted by Gasteiger charge is -2.38. The van der Waals surface area contributed by atoms with Crippen LogP contribution in [0.3, 0.4) is 0 Å². The molecule has 24 heavy (non-hydrogen) atoms. The monoisotopic (exact) mass is 353 g/mol. The van der Waals surface area contributed by atoms with Gasteiger partial charge in [-0.25, -0.2) is 0 Å². The number of halogens is 1. The van der Waals surface area contributed by atoms with E-state index >= 15 is 0 Å². The van der Waals surface area contributed by atoms with Crippen LogP contribution >= 0.6 is 11.6 Å². The molecule has 4 nitrogen and oxygen atoms in total. The molecular formula is C19H28ClNO3. The van der Waals surface area contributed by atoms with Gasteiger partial charge in [-0.05, 0) is 56.7 Å². The Morgan fingerprint density at radius 3 is 2.83 bits per heavy atom. The summed E-state index contributed by atoms with van der Waals surface area (Å²) in [6.07, 6.45) is 4.61. The lowest BCUT2D eigenvalue weighted by molar-refractivity contribution is -0.148. The molecule has 2 rings (SSSR count). The van der Waals surface area contributed by atoms with Gasteiger partial charge in [-0.3, -0.25) is 4.79 Å². The highest BCUT2D eigenvalue weighted by Crippen LogP contribution is 2.37. The van der Waals surface area contributed by atoms with E-state index in [1.807, 2.05) is 13.0 Å². The first-order valence-corrected chi connectivity index (χ1v) is 9.26. The van der Waals surface area contributed by atoms with Crippen LogP contribution in [0.4, 0.5) is 5.69 Å². The van der Waals surface area contributed by atoms with Crippen molar-refractivity contribution in [3.8, 4) is 5.75 Å². The zero-order valence-corrected chi connectivity index (χ0v) is 15.6. The first-order chi connectivity index (χ1) is 11.5. The molecule has 1 aromatic carbocycles. The molecule has 1 N–H and O–H groups in total. The summed E-state index contributed by atoms with van der Waals surface area (Å²) in [5.74, 6) is 1.05. The number of nitrogens with one attached hydrogen (secondary N) is 1. The van der Waals surface area contributed by atoms with Crippen molar-refractivity contribution in [1.29, 1.82) is 0 Å². The maximum absolute atomic E-state index is 13.0. The lowest BCUT2D eigenvalue weighted by Crippen LogP contribution is -2.48. The van der Waals surface area contributed by atoms with Gasteiger partial charge >= 0.3 is 0 Å². The normalized spacial score (nSPS) is 23.8. The number of carbonyl (C=O) groups excluding carboxylic acids is 1. The molecule has 0 spiro atoms. The second-order valence-electron chi connectivity index (χ2n) is 6.58. The lowest BCUT2D eigenvalue weighted by atomic mass is 9.78. The van der Waals surface area contributed by atoms with Crippen molar-refractivity contribution in [2.45, 2.75) is 58.5 Å². The summed E-state index contributed by atoms with van der Waals surface area (Å²) < 4.78 is 11.5. The number of ether oxygens (including phenoxy) is 2. The largest absolute Gasteiger partial charge is 0.492 e. The molecule has 0 aliphatic heterocycles. The number of hydrogen-bond donors (Lipinski definition) is 1. The van der Waals surface area contributed by atoms with Gasteiger partial charge in [0.05, 0.1) is 11.6 Å². The molecule has 1 saturated carbocycles. The molecular weight excluding hydrogens is 326 g/mol. The fraction of sp³-hybridized carbons (Fsp3) is 0.632. The molecule has 134 valence electrons. The molecule has 1 aliphatic rings. The van der Waals surface area contributed by atoms with E-state index in [0.717, 1.165) is 32.1 Å². The van der Waals surface area contributed by atoms with Crippen LogP contribution in [0.25, 0.3) is 0 Å². The Morgan fingerprint density at radius 2 is 2.21 bits per heavy atom. The minimum absolute atomic E-state index is 0.0669. The van der Waals surface area contributed by atoms with Crippen molar-refractivity contribution in [3.63, 3.8) is 0 Å². The average Bonchev–Trinajstić information content (AvgIpc) is 2.55. The van der Waals surface area contributed by atoms with Crippen LogP contribution < -0.4 is 10.1 Å². The smallest absolute Gasteiger partial charge is 0.256 e. The topological polar surface area (TPSA) is 47.6 Å². The van der Waals surface area contributed by atoms with Gasteiger partial charge in [0.15, 0.2) is 0 Å². The first kappa shape index (κ1) is 19.1. The van der Waals surface area contributed by atoms with Gasteiger partial charge in [-0.1, -0.05) is 31.9 Å². The summed E-state index contributed by atoms with van der Waals surface area (Å²) in [5, 5.41) is 3.48. The molecule has 0 aromatic heterocycles. The number of hydrogen-bond acceptors (Lipinski definition) is 3. The molecule has 0 bridgehead atoms. The maximum atomic E-state index is 13.0. The number of carbonyl (C=O) groups is 1. The van der Waals surface area contributed by atoms with Gasteiger partial charge in [0.1, 0.15) is 11.4 Å². The highest BCUT2D eigenvalue weighted by molar-refractivity contribution is 6.32. The molecule has 1 aliphatic carbocycles. The summed E-state index contributed by atoms with van der Waals surface area (Å²) in [6, 6.07) is 5.32. The van der Waals surface area contributed by atoms with Crippen LogP contribution in [-0.2, 0) is 9.53 Å². The van der Waals surface area contributed by atoms with E-state index in [0.29, 0.717) is 35.6 Å². The van der Waals surface area contributed by atoms with E-state index in [1.165, 1.54) is 0 Å². The molecule has 0 heterocycles. The maximum Gasteiger partial charge on any atom is 0.256 e. The van der Waals surface area contributed by atoms with Crippen molar-refractivity contribution in [1.82, 2.24) is 0 Å². The fourth-order valence-electron chi connectivity index (χ4n) is 3.30. The van der Waals surface area contributed by atoms with Gasteiger partial charge in [0.2, 0.25) is 0 Å². The predicted molar refractivity (Wildman–Crippen MR) is 97.9 cm³/mol. The van der Waals surface area contributed by atoms with Crippen LogP contribution in [0.1, 0.15) is 52.9 Å². The minimum atomic E-state index is -0.723. The third kappa shape index (κ3) is 4.64. The Kier molecular flexibility index (Phi) is 6.93. The van der Waals surface area contributed by atoms with Gasteiger partial charge < -0.3 is 14.8 Å². The number of amides is 1. The van der Waals surface area contributed by atoms with E-state index < -0.39 is 5.60 Å². The Labute approximate surface area is 149 Å². The summed E-state index contributed by atoms with van der Waals surface area (Å²) in [4.78, 5) is 13.0. The van der Waals surface area contributed by atoms with E-state index in [4.69, 9.17) is 21.1 Å². The van der Waals surface area contributed by atoms with Crippen LogP contribution in [0.5, 0.6) is 5.75 Å². The van der Waals surface area contributed by atoms with Gasteiger partial charge in [-0.2, -0.15) is 0 Å². The predicted octanol–water partition coefficient (Wildman–Crippen LogP) is 5.05. The molecule has 2 atom stereocenters. The van der Waals surface area contributed by atoms with Crippen molar-refractivity contribution < 1.29 is 14.3 Å². The summed E-state index contributed by atoms with van der Waals surface area (Å²) in [7, 11) is 0. The molecule has 0 radical (unpaired) electrons. The van der Waals surface area contributed by atoms with Crippen molar-refractivity contribution in [3.05, 3.63) is 23.2 Å². The highest BCUT2D eigenvalue weighted by atomic mass is 35.5. The second-order valence-corrected chi connectivity index (χ2v) is 6.98. The van der Waals surface area contributed by atoms with Gasteiger partial charge in [0, 0.05) is 12.3 Å². The second kappa shape index (κ2) is 8.72. The summed E-state index contributed by atoms with van der Waals surface area (Å²) >= 11 is 6.21. The zero-order valence-electron chi connectivity index (χ0n) is 14.9. The Morgan fingerprint density at radius 1 is 1.42 bits per heavy atom. The number of benzene rings is 1. The van der Waals surface area contributed by atoms with Crippen LogP contribution in [0.2, 0.25) is 5.02 Å². The molecule has 1 fully saturated rings. The van der Waals surface area contributed by atoms with E-state index in [9.17, 15) is 4.79 Å². The minimum Gasteiger partial charge on any atom is -0.492 e. The zero-order chi connectivity index (χ0) is 17.6. The highest BCUT2D eigenvalue weighted by Gasteiger charge is 2.42. The summed E-state index contributed by atoms with van der Waals surface area (Å²) in [6.45, 7) is 7.31. The third-order valence-electron chi connectivity index (χ3n) is 4.44. The molecule has 0 saturated heterocycles. The van der Waals surface area contributed by atoms with Crippen molar-refractivity contribution in [2.24, 2.45) is 5.92 Å². The van der Waals surface area contributed by atoms with Crippen molar-refractivity contribution in [2.75, 3.05) is 18.5 Å². The quantitative estimate of drug-likeness (QED) is 0.745. The van der Waals surface area contributed by atoms with E-state index in [2.05, 4.69) is 19.2 Å². The Balaban J connectivity index is 2.13. The molecule has 5 heteroatoms. The van der Waals surface area contributed by atoms with Crippen LogP contribution in [-0.4, -0.2) is 24.7 Å². The van der Waals surface area contributed by atoms with Gasteiger partial charge in [-0.15, -0.1) is 0 Å². The van der Waals surface area contributed by atoms with E-state index in [1.54, 1.807) is 12.1 Å². The van der Waals surface area contributed by atoms with Gasteiger partial charge in [0.25, 0.3) is 5.91 Å². The third-order valence-corrected chi connectivity index (χ3v) is 4.74. The fourth-order valence-corrected chi connectivity index (χ4v) is 3.53. The standard InChI is InChI=1S/C19H28ClNO3/c1-4-11-24-19(10-6-7-14(3)13-19)18(22)21-15-8-9-17(23-5-2)16(20)12-15/h8-9,12,14H,4-7,10-11,13H2,1-3H3,(H,21,22)/t14-,19-/m0/s1. The average molecular weight is 354 g/mol. The molecule has 0 unspecified atom stereocenters. The Bertz CT molecular complexity index is 564. The van der Waals surface area contributed by atoms with E-state index in [-0.39, 0.29) is 5.91 Å². The van der Waals surface area contributed by atoms with Crippen LogP contribution in [0.15, 0.2) is 18.2 Å². The molecule has 1 aromatic rings. The molecule has 1 amide bonds. The number of anilines is 1. The Hall–Kier alpha value is -1.26. The van der Waals surface area contributed by atoms with Crippen LogP contribution in [0, 0.1) is 5.92 Å². The number of rotatable bonds is 7. The summed E-state index contributed by atoms with van der Waals surface area (Å²) in [5.41, 5.74) is -0.0511. The SMILES string of the molecule is CCCO[C@@]1(C(=O)Nc2ccc(OCC)c(Cl)c2)CCC[C@H](C)C1. The first-order valence-electron chi connectivity index (χ1n) is 8.88.